The van der Waals surface area contributed by atoms with Crippen molar-refractivity contribution in [1.82, 2.24) is 0 Å². The van der Waals surface area contributed by atoms with E-state index in [0.717, 1.165) is 0 Å². The highest BCUT2D eigenvalue weighted by Crippen LogP contribution is 2.30. The van der Waals surface area contributed by atoms with Crippen molar-refractivity contribution in [3.8, 4) is 0 Å². The second kappa shape index (κ2) is 4.43. The zero-order chi connectivity index (χ0) is 12.4. The summed E-state index contributed by atoms with van der Waals surface area (Å²) in [7, 11) is 0. The Kier molecular flexibility index (Phi) is 2.97. The molecular formula is C12H13ClN4. The second-order valence-corrected chi connectivity index (χ2v) is 4.12. The molecule has 0 bridgehead atoms. The number of nitrogens with two attached hydrogens (primary N) is 3. The van der Waals surface area contributed by atoms with Gasteiger partial charge in [0.05, 0.1) is 22.1 Å². The fourth-order valence-electron chi connectivity index (χ4n) is 1.47. The van der Waals surface area contributed by atoms with Crippen molar-refractivity contribution in [3.05, 3.63) is 41.4 Å². The molecule has 0 aliphatic rings. The van der Waals surface area contributed by atoms with Crippen LogP contribution in [-0.2, 0) is 0 Å². The highest BCUT2D eigenvalue weighted by Gasteiger charge is 2.04. The lowest BCUT2D eigenvalue weighted by atomic mass is 10.2. The van der Waals surface area contributed by atoms with E-state index >= 15 is 0 Å². The van der Waals surface area contributed by atoms with Gasteiger partial charge in [-0.2, -0.15) is 0 Å². The SMILES string of the molecule is Nc1ccc(N)c(Nc2cc(N)ccc2Cl)c1. The fraction of sp³-hybridized carbons (Fsp3) is 0. The van der Waals surface area contributed by atoms with Crippen LogP contribution in [0.4, 0.5) is 28.4 Å². The van der Waals surface area contributed by atoms with Crippen LogP contribution in [0.15, 0.2) is 36.4 Å². The molecule has 0 unspecified atom stereocenters. The third kappa shape index (κ3) is 2.54. The number of rotatable bonds is 2. The highest BCUT2D eigenvalue weighted by molar-refractivity contribution is 6.33. The molecule has 0 amide bonds. The van der Waals surface area contributed by atoms with Gasteiger partial charge in [0.1, 0.15) is 0 Å². The molecule has 5 heteroatoms. The quantitative estimate of drug-likeness (QED) is 0.615. The van der Waals surface area contributed by atoms with Crippen molar-refractivity contribution in [3.63, 3.8) is 0 Å². The van der Waals surface area contributed by atoms with E-state index in [4.69, 9.17) is 28.8 Å². The standard InChI is InChI=1S/C12H13ClN4/c13-9-3-1-7(14)5-11(9)17-12-6-8(15)2-4-10(12)16/h1-6,17H,14-16H2. The van der Waals surface area contributed by atoms with Gasteiger partial charge >= 0.3 is 0 Å². The predicted molar refractivity (Wildman–Crippen MR) is 74.4 cm³/mol. The molecule has 2 rings (SSSR count). The predicted octanol–water partition coefficient (Wildman–Crippen LogP) is 2.83. The highest BCUT2D eigenvalue weighted by atomic mass is 35.5. The molecule has 0 spiro atoms. The zero-order valence-electron chi connectivity index (χ0n) is 9.07. The molecule has 2 aromatic carbocycles. The van der Waals surface area contributed by atoms with E-state index in [9.17, 15) is 0 Å². The number of anilines is 5. The minimum atomic E-state index is 0.570. The molecule has 7 N–H and O–H groups in total. The van der Waals surface area contributed by atoms with Gasteiger partial charge in [-0.05, 0) is 36.4 Å². The summed E-state index contributed by atoms with van der Waals surface area (Å²) in [5.41, 5.74) is 20.5. The Bertz CT molecular complexity index is 505. The molecule has 0 saturated heterocycles. The molecule has 0 aliphatic heterocycles. The van der Waals surface area contributed by atoms with Gasteiger partial charge in [-0.1, -0.05) is 11.6 Å². The van der Waals surface area contributed by atoms with Gasteiger partial charge in [0.2, 0.25) is 0 Å². The van der Waals surface area contributed by atoms with E-state index in [1.54, 1.807) is 36.4 Å². The zero-order valence-corrected chi connectivity index (χ0v) is 9.83. The molecule has 0 aliphatic carbocycles. The van der Waals surface area contributed by atoms with Gasteiger partial charge in [0.15, 0.2) is 0 Å². The normalized spacial score (nSPS) is 10.2. The molecule has 2 aromatic rings. The van der Waals surface area contributed by atoms with Crippen molar-refractivity contribution < 1.29 is 0 Å². The summed E-state index contributed by atoms with van der Waals surface area (Å²) in [5, 5.41) is 3.68. The van der Waals surface area contributed by atoms with E-state index in [2.05, 4.69) is 5.32 Å². The Hall–Kier alpha value is -2.07. The van der Waals surface area contributed by atoms with Crippen LogP contribution in [0.5, 0.6) is 0 Å². The molecule has 0 heterocycles. The maximum absolute atomic E-state index is 6.05. The topological polar surface area (TPSA) is 90.1 Å². The number of benzene rings is 2. The van der Waals surface area contributed by atoms with Crippen LogP contribution < -0.4 is 22.5 Å². The van der Waals surface area contributed by atoms with Crippen molar-refractivity contribution >= 4 is 40.0 Å². The summed E-state index contributed by atoms with van der Waals surface area (Å²) < 4.78 is 0. The van der Waals surface area contributed by atoms with Gasteiger partial charge in [0, 0.05) is 11.4 Å². The lowest BCUT2D eigenvalue weighted by Crippen LogP contribution is -1.99. The smallest absolute Gasteiger partial charge is 0.0642 e. The lowest BCUT2D eigenvalue weighted by molar-refractivity contribution is 1.54. The minimum Gasteiger partial charge on any atom is -0.399 e. The molecule has 0 radical (unpaired) electrons. The summed E-state index contributed by atoms with van der Waals surface area (Å²) in [6.45, 7) is 0. The Labute approximate surface area is 104 Å². The van der Waals surface area contributed by atoms with Gasteiger partial charge in [-0.25, -0.2) is 0 Å². The van der Waals surface area contributed by atoms with Crippen LogP contribution in [0, 0.1) is 0 Å². The van der Waals surface area contributed by atoms with Crippen molar-refractivity contribution in [2.75, 3.05) is 22.5 Å². The van der Waals surface area contributed by atoms with Crippen LogP contribution in [0.3, 0.4) is 0 Å². The van der Waals surface area contributed by atoms with Crippen LogP contribution in [-0.4, -0.2) is 0 Å². The molecule has 0 fully saturated rings. The van der Waals surface area contributed by atoms with E-state index in [1.165, 1.54) is 0 Å². The third-order valence-corrected chi connectivity index (χ3v) is 2.67. The first-order valence-electron chi connectivity index (χ1n) is 5.03. The average molecular weight is 249 g/mol. The molecule has 0 aromatic heterocycles. The Morgan fingerprint density at radius 2 is 1.41 bits per heavy atom. The van der Waals surface area contributed by atoms with E-state index < -0.39 is 0 Å². The number of halogens is 1. The van der Waals surface area contributed by atoms with Crippen molar-refractivity contribution in [2.24, 2.45) is 0 Å². The first-order chi connectivity index (χ1) is 8.06. The Balaban J connectivity index is 2.37. The molecule has 4 nitrogen and oxygen atoms in total. The van der Waals surface area contributed by atoms with E-state index in [-0.39, 0.29) is 0 Å². The number of nitrogen functional groups attached to an aromatic ring is 3. The molecule has 0 atom stereocenters. The van der Waals surface area contributed by atoms with Gasteiger partial charge < -0.3 is 22.5 Å². The number of hydrogen-bond acceptors (Lipinski definition) is 4. The van der Waals surface area contributed by atoms with Crippen LogP contribution in [0.25, 0.3) is 0 Å². The van der Waals surface area contributed by atoms with Crippen LogP contribution in [0.1, 0.15) is 0 Å². The molecular weight excluding hydrogens is 236 g/mol. The molecule has 88 valence electrons. The first kappa shape index (κ1) is 11.4. The minimum absolute atomic E-state index is 0.570. The number of nitrogens with one attached hydrogen (secondary N) is 1. The largest absolute Gasteiger partial charge is 0.399 e. The summed E-state index contributed by atoms with van der Waals surface area (Å²) in [5.74, 6) is 0. The van der Waals surface area contributed by atoms with Crippen LogP contribution >= 0.6 is 11.6 Å². The maximum Gasteiger partial charge on any atom is 0.0642 e. The first-order valence-corrected chi connectivity index (χ1v) is 5.41. The summed E-state index contributed by atoms with van der Waals surface area (Å²) in [4.78, 5) is 0. The summed E-state index contributed by atoms with van der Waals surface area (Å²) in [6.07, 6.45) is 0. The van der Waals surface area contributed by atoms with Gasteiger partial charge in [0.25, 0.3) is 0 Å². The van der Waals surface area contributed by atoms with Crippen molar-refractivity contribution in [2.45, 2.75) is 0 Å². The average Bonchev–Trinajstić information content (AvgIpc) is 2.28. The van der Waals surface area contributed by atoms with E-state index in [1.807, 2.05) is 0 Å². The lowest BCUT2D eigenvalue weighted by Gasteiger charge is -2.12. The summed E-state index contributed by atoms with van der Waals surface area (Å²) >= 11 is 6.05. The van der Waals surface area contributed by atoms with Gasteiger partial charge in [-0.15, -0.1) is 0 Å². The number of hydrogen-bond donors (Lipinski definition) is 4. The van der Waals surface area contributed by atoms with E-state index in [0.29, 0.717) is 33.5 Å². The monoisotopic (exact) mass is 248 g/mol. The third-order valence-electron chi connectivity index (χ3n) is 2.34. The van der Waals surface area contributed by atoms with Crippen LogP contribution in [0.2, 0.25) is 5.02 Å². The maximum atomic E-state index is 6.05. The van der Waals surface area contributed by atoms with Crippen molar-refractivity contribution in [1.29, 1.82) is 0 Å². The second-order valence-electron chi connectivity index (χ2n) is 3.71. The fourth-order valence-corrected chi connectivity index (χ4v) is 1.63. The molecule has 17 heavy (non-hydrogen) atoms. The Morgan fingerprint density at radius 1 is 0.824 bits per heavy atom. The summed E-state index contributed by atoms with van der Waals surface area (Å²) in [6, 6.07) is 10.4. The Morgan fingerprint density at radius 3 is 2.12 bits per heavy atom. The molecule has 0 saturated carbocycles. The van der Waals surface area contributed by atoms with Gasteiger partial charge in [-0.3, -0.25) is 0 Å².